The van der Waals surface area contributed by atoms with E-state index in [9.17, 15) is 4.79 Å². The lowest BCUT2D eigenvalue weighted by Gasteiger charge is -2.10. The molecular formula is C19H26N4O. The molecule has 0 saturated carbocycles. The molecule has 0 atom stereocenters. The molecule has 2 aromatic rings. The molecule has 5 heteroatoms. The molecule has 1 amide bonds. The summed E-state index contributed by atoms with van der Waals surface area (Å²) in [6.45, 7) is 4.42. The number of nitrogens with zero attached hydrogens (tertiary/aromatic N) is 2. The van der Waals surface area contributed by atoms with Crippen LogP contribution >= 0.6 is 0 Å². The van der Waals surface area contributed by atoms with Crippen molar-refractivity contribution in [3.05, 3.63) is 59.3 Å². The van der Waals surface area contributed by atoms with Gasteiger partial charge in [-0.3, -0.25) is 4.79 Å². The van der Waals surface area contributed by atoms with Crippen molar-refractivity contribution in [3.8, 4) is 0 Å². The maximum atomic E-state index is 12.0. The fraction of sp³-hybridized carbons (Fsp3) is 0.368. The smallest absolute Gasteiger partial charge is 0.252 e. The van der Waals surface area contributed by atoms with Crippen molar-refractivity contribution in [2.75, 3.05) is 32.5 Å². The monoisotopic (exact) mass is 326 g/mol. The van der Waals surface area contributed by atoms with Crippen LogP contribution in [0.1, 0.15) is 27.9 Å². The summed E-state index contributed by atoms with van der Waals surface area (Å²) in [5.41, 5.74) is 3.03. The predicted octanol–water partition coefficient (Wildman–Crippen LogP) is 2.68. The van der Waals surface area contributed by atoms with Gasteiger partial charge < -0.3 is 15.5 Å². The standard InChI is InChI=1S/C19H26N4O/c1-15-6-4-7-16(12-15)13-21-18-9-8-17(14-22-18)19(24)20-10-5-11-23(2)3/h4,6-9,12,14H,5,10-11,13H2,1-3H3,(H,20,24)(H,21,22). The highest BCUT2D eigenvalue weighted by Crippen LogP contribution is 2.09. The van der Waals surface area contributed by atoms with Crippen LogP contribution in [0.5, 0.6) is 0 Å². The Labute approximate surface area is 144 Å². The topological polar surface area (TPSA) is 57.3 Å². The molecule has 2 rings (SSSR count). The van der Waals surface area contributed by atoms with Crippen LogP contribution in [0.15, 0.2) is 42.6 Å². The number of carbonyl (C=O) groups excluding carboxylic acids is 1. The number of hydrogen-bond donors (Lipinski definition) is 2. The van der Waals surface area contributed by atoms with Gasteiger partial charge >= 0.3 is 0 Å². The van der Waals surface area contributed by atoms with E-state index in [-0.39, 0.29) is 5.91 Å². The van der Waals surface area contributed by atoms with Crippen LogP contribution in [0.2, 0.25) is 0 Å². The molecule has 0 aliphatic rings. The van der Waals surface area contributed by atoms with Gasteiger partial charge in [0.15, 0.2) is 0 Å². The van der Waals surface area contributed by atoms with Crippen LogP contribution < -0.4 is 10.6 Å². The van der Waals surface area contributed by atoms with Crippen molar-refractivity contribution < 1.29 is 4.79 Å². The third-order valence-electron chi connectivity index (χ3n) is 3.65. The Hall–Kier alpha value is -2.40. The number of hydrogen-bond acceptors (Lipinski definition) is 4. The molecule has 0 fully saturated rings. The summed E-state index contributed by atoms with van der Waals surface area (Å²) in [5, 5.41) is 6.18. The van der Waals surface area contributed by atoms with Crippen LogP contribution in [-0.4, -0.2) is 43.0 Å². The second-order valence-electron chi connectivity index (χ2n) is 6.19. The third kappa shape index (κ3) is 6.01. The third-order valence-corrected chi connectivity index (χ3v) is 3.65. The van der Waals surface area contributed by atoms with Crippen molar-refractivity contribution in [1.29, 1.82) is 0 Å². The normalized spacial score (nSPS) is 10.7. The number of amides is 1. The molecule has 0 radical (unpaired) electrons. The Kier molecular flexibility index (Phi) is 6.75. The zero-order valence-electron chi connectivity index (χ0n) is 14.7. The molecule has 5 nitrogen and oxygen atoms in total. The fourth-order valence-corrected chi connectivity index (χ4v) is 2.35. The summed E-state index contributed by atoms with van der Waals surface area (Å²) < 4.78 is 0. The van der Waals surface area contributed by atoms with Gasteiger partial charge in [0, 0.05) is 19.3 Å². The Morgan fingerprint density at radius 1 is 1.21 bits per heavy atom. The quantitative estimate of drug-likeness (QED) is 0.732. The molecule has 1 heterocycles. The van der Waals surface area contributed by atoms with E-state index in [0.29, 0.717) is 18.7 Å². The maximum Gasteiger partial charge on any atom is 0.252 e. The van der Waals surface area contributed by atoms with Crippen LogP contribution in [0.25, 0.3) is 0 Å². The maximum absolute atomic E-state index is 12.0. The van der Waals surface area contributed by atoms with Gasteiger partial charge in [0.1, 0.15) is 5.82 Å². The molecule has 1 aromatic heterocycles. The first-order chi connectivity index (χ1) is 11.5. The molecule has 0 aliphatic heterocycles. The zero-order chi connectivity index (χ0) is 17.4. The van der Waals surface area contributed by atoms with Gasteiger partial charge in [-0.25, -0.2) is 4.98 Å². The van der Waals surface area contributed by atoms with Crippen molar-refractivity contribution in [1.82, 2.24) is 15.2 Å². The van der Waals surface area contributed by atoms with Gasteiger partial charge in [-0.2, -0.15) is 0 Å². The van der Waals surface area contributed by atoms with E-state index in [1.165, 1.54) is 11.1 Å². The van der Waals surface area contributed by atoms with E-state index in [4.69, 9.17) is 0 Å². The van der Waals surface area contributed by atoms with Gasteiger partial charge in [0.05, 0.1) is 5.56 Å². The summed E-state index contributed by atoms with van der Waals surface area (Å²) in [6, 6.07) is 12.0. The lowest BCUT2D eigenvalue weighted by Crippen LogP contribution is -2.27. The van der Waals surface area contributed by atoms with Gasteiger partial charge in [0.2, 0.25) is 0 Å². The Morgan fingerprint density at radius 2 is 2.04 bits per heavy atom. The highest BCUT2D eigenvalue weighted by molar-refractivity contribution is 5.94. The van der Waals surface area contributed by atoms with E-state index >= 15 is 0 Å². The molecule has 24 heavy (non-hydrogen) atoms. The molecule has 128 valence electrons. The second-order valence-corrected chi connectivity index (χ2v) is 6.19. The first-order valence-electron chi connectivity index (χ1n) is 8.23. The molecule has 0 saturated heterocycles. The lowest BCUT2D eigenvalue weighted by molar-refractivity contribution is 0.0952. The van der Waals surface area contributed by atoms with Crippen LogP contribution in [0.4, 0.5) is 5.82 Å². The molecule has 0 spiro atoms. The Balaban J connectivity index is 1.80. The summed E-state index contributed by atoms with van der Waals surface area (Å²) in [6.07, 6.45) is 2.54. The summed E-state index contributed by atoms with van der Waals surface area (Å²) in [7, 11) is 4.04. The highest BCUT2D eigenvalue weighted by Gasteiger charge is 2.05. The number of aromatic nitrogens is 1. The fourth-order valence-electron chi connectivity index (χ4n) is 2.35. The Bertz CT molecular complexity index is 653. The predicted molar refractivity (Wildman–Crippen MR) is 98.2 cm³/mol. The summed E-state index contributed by atoms with van der Waals surface area (Å²) >= 11 is 0. The number of anilines is 1. The summed E-state index contributed by atoms with van der Waals surface area (Å²) in [4.78, 5) is 18.4. The number of rotatable bonds is 8. The first kappa shape index (κ1) is 17.9. The van der Waals surface area contributed by atoms with E-state index in [1.54, 1.807) is 12.3 Å². The molecular weight excluding hydrogens is 300 g/mol. The highest BCUT2D eigenvalue weighted by atomic mass is 16.1. The van der Waals surface area contributed by atoms with E-state index < -0.39 is 0 Å². The van der Waals surface area contributed by atoms with Crippen LogP contribution in [0, 0.1) is 6.92 Å². The number of carbonyl (C=O) groups is 1. The molecule has 2 N–H and O–H groups in total. The van der Waals surface area contributed by atoms with Gasteiger partial charge in [-0.05, 0) is 51.7 Å². The van der Waals surface area contributed by atoms with Crippen molar-refractivity contribution >= 4 is 11.7 Å². The average Bonchev–Trinajstić information content (AvgIpc) is 2.57. The molecule has 0 aliphatic carbocycles. The minimum Gasteiger partial charge on any atom is -0.366 e. The number of nitrogens with one attached hydrogen (secondary N) is 2. The van der Waals surface area contributed by atoms with Gasteiger partial charge in [-0.1, -0.05) is 29.8 Å². The van der Waals surface area contributed by atoms with E-state index in [0.717, 1.165) is 18.8 Å². The largest absolute Gasteiger partial charge is 0.366 e. The van der Waals surface area contributed by atoms with E-state index in [2.05, 4.69) is 45.6 Å². The van der Waals surface area contributed by atoms with Crippen LogP contribution in [-0.2, 0) is 6.54 Å². The average molecular weight is 326 g/mol. The van der Waals surface area contributed by atoms with Crippen LogP contribution in [0.3, 0.4) is 0 Å². The first-order valence-corrected chi connectivity index (χ1v) is 8.23. The zero-order valence-corrected chi connectivity index (χ0v) is 14.7. The van der Waals surface area contributed by atoms with E-state index in [1.807, 2.05) is 26.2 Å². The minimum atomic E-state index is -0.0773. The summed E-state index contributed by atoms with van der Waals surface area (Å²) in [5.74, 6) is 0.687. The SMILES string of the molecule is Cc1cccc(CNc2ccc(C(=O)NCCCN(C)C)cn2)c1. The second kappa shape index (κ2) is 9.03. The minimum absolute atomic E-state index is 0.0773. The Morgan fingerprint density at radius 3 is 2.71 bits per heavy atom. The molecule has 0 bridgehead atoms. The number of pyridine rings is 1. The van der Waals surface area contributed by atoms with Crippen molar-refractivity contribution in [2.24, 2.45) is 0 Å². The van der Waals surface area contributed by atoms with Gasteiger partial charge in [-0.15, -0.1) is 0 Å². The molecule has 1 aromatic carbocycles. The van der Waals surface area contributed by atoms with Crippen molar-refractivity contribution in [2.45, 2.75) is 19.9 Å². The van der Waals surface area contributed by atoms with Gasteiger partial charge in [0.25, 0.3) is 5.91 Å². The lowest BCUT2D eigenvalue weighted by atomic mass is 10.1. The number of benzene rings is 1. The number of aryl methyl sites for hydroxylation is 1. The molecule has 0 unspecified atom stereocenters. The van der Waals surface area contributed by atoms with Crippen molar-refractivity contribution in [3.63, 3.8) is 0 Å².